The summed E-state index contributed by atoms with van der Waals surface area (Å²) in [5.41, 5.74) is -0.666. The SMILES string of the molecule is C[C@]1(O)CCN(c2nnc(Cl)c3cnccc23)C1. The van der Waals surface area contributed by atoms with Gasteiger partial charge < -0.3 is 10.0 Å². The third kappa shape index (κ3) is 1.89. The van der Waals surface area contributed by atoms with Gasteiger partial charge in [0, 0.05) is 36.3 Å². The third-order valence-electron chi connectivity index (χ3n) is 3.27. The first kappa shape index (κ1) is 11.6. The van der Waals surface area contributed by atoms with E-state index < -0.39 is 5.60 Å². The van der Waals surface area contributed by atoms with Crippen molar-refractivity contribution in [3.8, 4) is 0 Å². The first-order valence-electron chi connectivity index (χ1n) is 5.80. The summed E-state index contributed by atoms with van der Waals surface area (Å²) in [4.78, 5) is 6.08. The number of hydrogen-bond acceptors (Lipinski definition) is 5. The summed E-state index contributed by atoms with van der Waals surface area (Å²) in [6.07, 6.45) is 4.12. The predicted octanol–water partition coefficient (Wildman–Crippen LogP) is 1.64. The largest absolute Gasteiger partial charge is 0.388 e. The maximum absolute atomic E-state index is 10.0. The Labute approximate surface area is 109 Å². The van der Waals surface area contributed by atoms with Gasteiger partial charge >= 0.3 is 0 Å². The molecule has 1 aliphatic heterocycles. The van der Waals surface area contributed by atoms with Gasteiger partial charge in [-0.1, -0.05) is 11.6 Å². The number of rotatable bonds is 1. The Morgan fingerprint density at radius 1 is 1.39 bits per heavy atom. The highest BCUT2D eigenvalue weighted by atomic mass is 35.5. The lowest BCUT2D eigenvalue weighted by Gasteiger charge is -2.20. The molecule has 1 saturated heterocycles. The number of pyridine rings is 1. The van der Waals surface area contributed by atoms with Crippen molar-refractivity contribution in [2.45, 2.75) is 18.9 Å². The van der Waals surface area contributed by atoms with Gasteiger partial charge in [-0.3, -0.25) is 4.98 Å². The molecule has 2 aromatic rings. The zero-order valence-corrected chi connectivity index (χ0v) is 10.7. The van der Waals surface area contributed by atoms with Gasteiger partial charge in [-0.25, -0.2) is 0 Å². The molecule has 0 unspecified atom stereocenters. The normalized spacial score (nSPS) is 23.8. The van der Waals surface area contributed by atoms with Crippen molar-refractivity contribution in [3.63, 3.8) is 0 Å². The summed E-state index contributed by atoms with van der Waals surface area (Å²) in [5.74, 6) is 0.759. The van der Waals surface area contributed by atoms with E-state index in [0.29, 0.717) is 11.7 Å². The Kier molecular flexibility index (Phi) is 2.60. The Bertz CT molecular complexity index is 602. The van der Waals surface area contributed by atoms with Crippen LogP contribution in [0.15, 0.2) is 18.5 Å². The molecule has 0 aliphatic carbocycles. The third-order valence-corrected chi connectivity index (χ3v) is 3.55. The van der Waals surface area contributed by atoms with E-state index in [1.807, 2.05) is 17.9 Å². The van der Waals surface area contributed by atoms with Crippen molar-refractivity contribution < 1.29 is 5.11 Å². The summed E-state index contributed by atoms with van der Waals surface area (Å²) in [6, 6.07) is 1.87. The van der Waals surface area contributed by atoms with E-state index in [2.05, 4.69) is 15.2 Å². The van der Waals surface area contributed by atoms with Crippen LogP contribution in [0, 0.1) is 0 Å². The average molecular weight is 265 g/mol. The predicted molar refractivity (Wildman–Crippen MR) is 69.8 cm³/mol. The molecule has 5 nitrogen and oxygen atoms in total. The summed E-state index contributed by atoms with van der Waals surface area (Å²) >= 11 is 6.01. The van der Waals surface area contributed by atoms with Crippen LogP contribution >= 0.6 is 11.6 Å². The maximum Gasteiger partial charge on any atom is 0.161 e. The van der Waals surface area contributed by atoms with Gasteiger partial charge in [-0.15, -0.1) is 10.2 Å². The number of halogens is 1. The minimum Gasteiger partial charge on any atom is -0.388 e. The van der Waals surface area contributed by atoms with Crippen LogP contribution in [0.4, 0.5) is 5.82 Å². The first-order chi connectivity index (χ1) is 8.57. The second-order valence-electron chi connectivity index (χ2n) is 4.90. The van der Waals surface area contributed by atoms with E-state index >= 15 is 0 Å². The van der Waals surface area contributed by atoms with Gasteiger partial charge in [-0.05, 0) is 19.4 Å². The fraction of sp³-hybridized carbons (Fsp3) is 0.417. The van der Waals surface area contributed by atoms with Gasteiger partial charge in [0.25, 0.3) is 0 Å². The number of fused-ring (bicyclic) bond motifs is 1. The van der Waals surface area contributed by atoms with Crippen LogP contribution in [0.5, 0.6) is 0 Å². The van der Waals surface area contributed by atoms with Crippen LogP contribution < -0.4 is 4.90 Å². The van der Waals surface area contributed by atoms with Gasteiger partial charge in [0.1, 0.15) is 0 Å². The molecule has 3 heterocycles. The van der Waals surface area contributed by atoms with E-state index in [-0.39, 0.29) is 0 Å². The molecule has 6 heteroatoms. The van der Waals surface area contributed by atoms with Crippen molar-refractivity contribution in [3.05, 3.63) is 23.6 Å². The zero-order valence-electron chi connectivity index (χ0n) is 9.97. The maximum atomic E-state index is 10.0. The van der Waals surface area contributed by atoms with Gasteiger partial charge in [-0.2, -0.15) is 0 Å². The summed E-state index contributed by atoms with van der Waals surface area (Å²) in [7, 11) is 0. The van der Waals surface area contributed by atoms with E-state index in [1.165, 1.54) is 0 Å². The van der Waals surface area contributed by atoms with Crippen LogP contribution in [-0.4, -0.2) is 39.0 Å². The lowest BCUT2D eigenvalue weighted by molar-refractivity contribution is 0.0839. The molecular weight excluding hydrogens is 252 g/mol. The number of anilines is 1. The Hall–Kier alpha value is -1.46. The van der Waals surface area contributed by atoms with Crippen LogP contribution in [-0.2, 0) is 0 Å². The Balaban J connectivity index is 2.11. The van der Waals surface area contributed by atoms with E-state index in [0.717, 1.165) is 29.6 Å². The second-order valence-corrected chi connectivity index (χ2v) is 5.26. The van der Waals surface area contributed by atoms with E-state index in [4.69, 9.17) is 11.6 Å². The van der Waals surface area contributed by atoms with E-state index in [9.17, 15) is 5.11 Å². The van der Waals surface area contributed by atoms with Gasteiger partial charge in [0.15, 0.2) is 11.0 Å². The Morgan fingerprint density at radius 2 is 2.22 bits per heavy atom. The molecule has 0 saturated carbocycles. The number of nitrogens with zero attached hydrogens (tertiary/aromatic N) is 4. The highest BCUT2D eigenvalue weighted by Crippen LogP contribution is 2.31. The fourth-order valence-electron chi connectivity index (χ4n) is 2.31. The van der Waals surface area contributed by atoms with Crippen molar-refractivity contribution in [2.24, 2.45) is 0 Å². The minimum atomic E-state index is -0.666. The zero-order chi connectivity index (χ0) is 12.8. The molecular formula is C12H13ClN4O. The average Bonchev–Trinajstić information content (AvgIpc) is 2.70. The van der Waals surface area contributed by atoms with Crippen LogP contribution in [0.2, 0.25) is 5.15 Å². The summed E-state index contributed by atoms with van der Waals surface area (Å²) in [5, 5.41) is 20.2. The van der Waals surface area contributed by atoms with Crippen molar-refractivity contribution in [2.75, 3.05) is 18.0 Å². The topological polar surface area (TPSA) is 62.1 Å². The van der Waals surface area contributed by atoms with E-state index in [1.54, 1.807) is 12.4 Å². The van der Waals surface area contributed by atoms with Crippen LogP contribution in [0.25, 0.3) is 10.8 Å². The standard InChI is InChI=1S/C12H13ClN4O/c1-12(18)3-5-17(7-12)11-8-2-4-14-6-9(8)10(13)15-16-11/h2,4,6,18H,3,5,7H2,1H3/t12-/m0/s1. The lowest BCUT2D eigenvalue weighted by atomic mass is 10.1. The van der Waals surface area contributed by atoms with Crippen LogP contribution in [0.3, 0.4) is 0 Å². The highest BCUT2D eigenvalue weighted by molar-refractivity contribution is 6.34. The number of hydrogen-bond donors (Lipinski definition) is 1. The summed E-state index contributed by atoms with van der Waals surface area (Å²) < 4.78 is 0. The molecule has 3 rings (SSSR count). The molecule has 0 spiro atoms. The highest BCUT2D eigenvalue weighted by Gasteiger charge is 2.33. The van der Waals surface area contributed by atoms with Crippen molar-refractivity contribution >= 4 is 28.2 Å². The van der Waals surface area contributed by atoms with Gasteiger partial charge in [0.05, 0.1) is 5.60 Å². The summed E-state index contributed by atoms with van der Waals surface area (Å²) in [6.45, 7) is 3.15. The lowest BCUT2D eigenvalue weighted by Crippen LogP contribution is -2.30. The minimum absolute atomic E-state index is 0.354. The van der Waals surface area contributed by atoms with Gasteiger partial charge in [0.2, 0.25) is 0 Å². The molecule has 0 bridgehead atoms. The molecule has 94 valence electrons. The quantitative estimate of drug-likeness (QED) is 0.848. The molecule has 0 amide bonds. The Morgan fingerprint density at radius 3 is 2.94 bits per heavy atom. The monoisotopic (exact) mass is 264 g/mol. The molecule has 18 heavy (non-hydrogen) atoms. The smallest absolute Gasteiger partial charge is 0.161 e. The fourth-order valence-corrected chi connectivity index (χ4v) is 2.50. The number of aliphatic hydroxyl groups is 1. The molecule has 2 aromatic heterocycles. The molecule has 0 radical (unpaired) electrons. The first-order valence-corrected chi connectivity index (χ1v) is 6.18. The van der Waals surface area contributed by atoms with Crippen molar-refractivity contribution in [1.82, 2.24) is 15.2 Å². The number of β-amino-alcohol motifs (C(OH)–C–C–N with tert-alkyl or cyclic N) is 1. The van der Waals surface area contributed by atoms with Crippen LogP contribution in [0.1, 0.15) is 13.3 Å². The molecule has 1 N–H and O–H groups in total. The second kappa shape index (κ2) is 4.03. The molecule has 0 aromatic carbocycles. The molecule has 1 aliphatic rings. The molecule has 1 fully saturated rings. The van der Waals surface area contributed by atoms with Crippen molar-refractivity contribution in [1.29, 1.82) is 0 Å². The molecule has 1 atom stereocenters. The number of aromatic nitrogens is 3.